The van der Waals surface area contributed by atoms with E-state index in [1.165, 1.54) is 5.56 Å². The van der Waals surface area contributed by atoms with E-state index < -0.39 is 6.10 Å². The number of aliphatic hydroxyl groups is 1. The molecule has 0 fully saturated rings. The summed E-state index contributed by atoms with van der Waals surface area (Å²) in [5.74, 6) is 2.38. The quantitative estimate of drug-likeness (QED) is 0.518. The van der Waals surface area contributed by atoms with E-state index in [1.807, 2.05) is 0 Å². The smallest absolute Gasteiger partial charge is 0.107 e. The number of thiophene rings is 1. The molecular formula is C14H21NO3S. The van der Waals surface area contributed by atoms with Gasteiger partial charge in [0.2, 0.25) is 0 Å². The molecule has 0 saturated carbocycles. The van der Waals surface area contributed by atoms with E-state index in [0.717, 1.165) is 13.1 Å². The fourth-order valence-electron chi connectivity index (χ4n) is 1.70. The van der Waals surface area contributed by atoms with Crippen LogP contribution in [0.4, 0.5) is 0 Å². The second-order valence-corrected chi connectivity index (χ2v) is 5.01. The molecule has 1 atom stereocenters. The third-order valence-corrected chi connectivity index (χ3v) is 3.29. The minimum absolute atomic E-state index is 0.236. The van der Waals surface area contributed by atoms with Crippen molar-refractivity contribution in [1.82, 2.24) is 4.90 Å². The van der Waals surface area contributed by atoms with Crippen LogP contribution in [0.5, 0.6) is 0 Å². The molecule has 0 amide bonds. The molecule has 1 N–H and O–H groups in total. The Morgan fingerprint density at radius 2 is 2.42 bits per heavy atom. The number of rotatable bonds is 10. The summed E-state index contributed by atoms with van der Waals surface area (Å²) in [5.41, 5.74) is 1.25. The summed E-state index contributed by atoms with van der Waals surface area (Å²) in [6, 6.07) is 2.09. The fourth-order valence-corrected chi connectivity index (χ4v) is 2.36. The molecule has 1 heterocycles. The van der Waals surface area contributed by atoms with Crippen molar-refractivity contribution in [2.24, 2.45) is 0 Å². The summed E-state index contributed by atoms with van der Waals surface area (Å²) < 4.78 is 10.2. The van der Waals surface area contributed by atoms with Gasteiger partial charge in [-0.05, 0) is 22.4 Å². The predicted octanol–water partition coefficient (Wildman–Crippen LogP) is 1.21. The van der Waals surface area contributed by atoms with Gasteiger partial charge < -0.3 is 14.6 Å². The minimum Gasteiger partial charge on any atom is -0.389 e. The summed E-state index contributed by atoms with van der Waals surface area (Å²) in [4.78, 5) is 2.15. The number of nitrogens with zero attached hydrogens (tertiary/aromatic N) is 1. The minimum atomic E-state index is -0.538. The van der Waals surface area contributed by atoms with Crippen molar-refractivity contribution < 1.29 is 14.6 Å². The van der Waals surface area contributed by atoms with Gasteiger partial charge in [0.25, 0.3) is 0 Å². The lowest BCUT2D eigenvalue weighted by atomic mass is 10.2. The monoisotopic (exact) mass is 283 g/mol. The Balaban J connectivity index is 2.37. The second kappa shape index (κ2) is 9.96. The highest BCUT2D eigenvalue weighted by molar-refractivity contribution is 7.07. The maximum Gasteiger partial charge on any atom is 0.107 e. The van der Waals surface area contributed by atoms with Crippen LogP contribution in [0, 0.1) is 12.3 Å². The molecule has 0 saturated heterocycles. The maximum absolute atomic E-state index is 9.90. The Kier molecular flexibility index (Phi) is 8.47. The van der Waals surface area contributed by atoms with Crippen molar-refractivity contribution in [1.29, 1.82) is 0 Å². The van der Waals surface area contributed by atoms with Crippen LogP contribution >= 0.6 is 11.3 Å². The molecule has 4 nitrogen and oxygen atoms in total. The molecule has 0 radical (unpaired) electrons. The number of ether oxygens (including phenoxy) is 2. The molecule has 0 bridgehead atoms. The first-order chi connectivity index (χ1) is 9.26. The number of hydrogen-bond donors (Lipinski definition) is 1. The first-order valence-corrected chi connectivity index (χ1v) is 7.12. The molecule has 0 aliphatic carbocycles. The summed E-state index contributed by atoms with van der Waals surface area (Å²) in [6.45, 7) is 3.26. The summed E-state index contributed by atoms with van der Waals surface area (Å²) in [5, 5.41) is 14.1. The SMILES string of the molecule is C#CCOC[C@H](O)CN(CCOC)Cc1ccsc1. The highest BCUT2D eigenvalue weighted by Crippen LogP contribution is 2.10. The molecule has 5 heteroatoms. The zero-order chi connectivity index (χ0) is 13.9. The second-order valence-electron chi connectivity index (χ2n) is 4.23. The van der Waals surface area contributed by atoms with Crippen molar-refractivity contribution >= 4 is 11.3 Å². The van der Waals surface area contributed by atoms with E-state index in [0.29, 0.717) is 13.2 Å². The van der Waals surface area contributed by atoms with Crippen LogP contribution in [0.2, 0.25) is 0 Å². The van der Waals surface area contributed by atoms with Gasteiger partial charge in [0.1, 0.15) is 6.61 Å². The Labute approximate surface area is 119 Å². The average Bonchev–Trinajstić information content (AvgIpc) is 2.89. The summed E-state index contributed by atoms with van der Waals surface area (Å²) in [6.07, 6.45) is 4.55. The van der Waals surface area contributed by atoms with E-state index in [9.17, 15) is 5.11 Å². The van der Waals surface area contributed by atoms with E-state index >= 15 is 0 Å². The standard InChI is InChI=1S/C14H21NO3S/c1-3-6-18-11-14(16)10-15(5-7-17-2)9-13-4-8-19-12-13/h1,4,8,12,14,16H,5-7,9-11H2,2H3/t14-/m1/s1. The van der Waals surface area contributed by atoms with Crippen LogP contribution in [0.3, 0.4) is 0 Å². The van der Waals surface area contributed by atoms with E-state index in [-0.39, 0.29) is 13.2 Å². The maximum atomic E-state index is 9.90. The molecule has 106 valence electrons. The number of terminal acetylenes is 1. The molecule has 0 unspecified atom stereocenters. The van der Waals surface area contributed by atoms with Crippen LogP contribution < -0.4 is 0 Å². The van der Waals surface area contributed by atoms with Gasteiger partial charge in [-0.1, -0.05) is 5.92 Å². The molecular weight excluding hydrogens is 262 g/mol. The predicted molar refractivity (Wildman–Crippen MR) is 77.1 cm³/mol. The topological polar surface area (TPSA) is 41.9 Å². The molecule has 1 rings (SSSR count). The van der Waals surface area contributed by atoms with Crippen LogP contribution in [-0.2, 0) is 16.0 Å². The zero-order valence-corrected chi connectivity index (χ0v) is 12.1. The first-order valence-electron chi connectivity index (χ1n) is 6.18. The van der Waals surface area contributed by atoms with Crippen molar-refractivity contribution in [3.63, 3.8) is 0 Å². The molecule has 1 aromatic rings. The lowest BCUT2D eigenvalue weighted by Crippen LogP contribution is -2.36. The molecule has 0 aromatic carbocycles. The Morgan fingerprint density at radius 3 is 3.05 bits per heavy atom. The zero-order valence-electron chi connectivity index (χ0n) is 11.2. The Hall–Kier alpha value is -0.900. The summed E-state index contributed by atoms with van der Waals surface area (Å²) >= 11 is 1.67. The molecule has 0 aliphatic heterocycles. The normalized spacial score (nSPS) is 12.5. The first kappa shape index (κ1) is 16.2. The third-order valence-electron chi connectivity index (χ3n) is 2.56. The lowest BCUT2D eigenvalue weighted by molar-refractivity contribution is 0.0208. The van der Waals surface area contributed by atoms with Gasteiger partial charge >= 0.3 is 0 Å². The van der Waals surface area contributed by atoms with Gasteiger partial charge in [0.05, 0.1) is 19.3 Å². The lowest BCUT2D eigenvalue weighted by Gasteiger charge is -2.24. The molecule has 0 spiro atoms. The molecule has 19 heavy (non-hydrogen) atoms. The van der Waals surface area contributed by atoms with Gasteiger partial charge in [0.15, 0.2) is 0 Å². The van der Waals surface area contributed by atoms with Crippen LogP contribution in [0.1, 0.15) is 5.56 Å². The van der Waals surface area contributed by atoms with Crippen molar-refractivity contribution in [2.45, 2.75) is 12.6 Å². The van der Waals surface area contributed by atoms with Crippen molar-refractivity contribution in [3.8, 4) is 12.3 Å². The fraction of sp³-hybridized carbons (Fsp3) is 0.571. The van der Waals surface area contributed by atoms with Gasteiger partial charge in [-0.25, -0.2) is 0 Å². The van der Waals surface area contributed by atoms with Crippen LogP contribution in [0.25, 0.3) is 0 Å². The molecule has 1 aromatic heterocycles. The largest absolute Gasteiger partial charge is 0.389 e. The highest BCUT2D eigenvalue weighted by Gasteiger charge is 2.12. The van der Waals surface area contributed by atoms with E-state index in [2.05, 4.69) is 27.6 Å². The van der Waals surface area contributed by atoms with Crippen molar-refractivity contribution in [3.05, 3.63) is 22.4 Å². The average molecular weight is 283 g/mol. The Bertz CT molecular complexity index is 361. The summed E-state index contributed by atoms with van der Waals surface area (Å²) in [7, 11) is 1.68. The molecule has 0 aliphatic rings. The number of methoxy groups -OCH3 is 1. The van der Waals surface area contributed by atoms with Crippen molar-refractivity contribution in [2.75, 3.05) is 40.0 Å². The van der Waals surface area contributed by atoms with Crippen LogP contribution in [0.15, 0.2) is 16.8 Å². The number of aliphatic hydroxyl groups excluding tert-OH is 1. The number of hydrogen-bond acceptors (Lipinski definition) is 5. The van der Waals surface area contributed by atoms with Gasteiger partial charge in [0, 0.05) is 26.7 Å². The van der Waals surface area contributed by atoms with Gasteiger partial charge in [-0.3, -0.25) is 4.90 Å². The van der Waals surface area contributed by atoms with Crippen LogP contribution in [-0.4, -0.2) is 56.1 Å². The highest BCUT2D eigenvalue weighted by atomic mass is 32.1. The van der Waals surface area contributed by atoms with Gasteiger partial charge in [-0.15, -0.1) is 6.42 Å². The van der Waals surface area contributed by atoms with E-state index in [4.69, 9.17) is 15.9 Å². The Morgan fingerprint density at radius 1 is 1.58 bits per heavy atom. The van der Waals surface area contributed by atoms with Gasteiger partial charge in [-0.2, -0.15) is 11.3 Å². The van der Waals surface area contributed by atoms with E-state index in [1.54, 1.807) is 18.4 Å². The third kappa shape index (κ3) is 7.31.